The number of rotatable bonds is 5. The second-order valence-corrected chi connectivity index (χ2v) is 6.82. The minimum Gasteiger partial charge on any atom is -0.482 e. The molecule has 0 saturated heterocycles. The molecule has 7 nitrogen and oxygen atoms in total. The lowest BCUT2D eigenvalue weighted by molar-refractivity contribution is -0.133. The fourth-order valence-corrected chi connectivity index (χ4v) is 3.16. The maximum Gasteiger partial charge on any atom is 0.261 e. The number of amides is 1. The normalized spacial score (nSPS) is 13.3. The second-order valence-electron chi connectivity index (χ2n) is 6.82. The summed E-state index contributed by atoms with van der Waals surface area (Å²) in [7, 11) is 1.58. The molecule has 1 N–H and O–H groups in total. The zero-order valence-corrected chi connectivity index (χ0v) is 16.4. The third kappa shape index (κ3) is 4.29. The van der Waals surface area contributed by atoms with E-state index in [-0.39, 0.29) is 12.5 Å². The van der Waals surface area contributed by atoms with Crippen molar-refractivity contribution in [1.82, 2.24) is 14.9 Å². The average Bonchev–Trinajstić information content (AvgIpc) is 2.89. The van der Waals surface area contributed by atoms with Crippen molar-refractivity contribution in [3.05, 3.63) is 71.5 Å². The fraction of sp³-hybridized carbons (Fsp3) is 0.227. The molecule has 2 aromatic heterocycles. The van der Waals surface area contributed by atoms with Crippen LogP contribution in [0.1, 0.15) is 16.8 Å². The zero-order chi connectivity index (χ0) is 20.2. The molecule has 0 bridgehead atoms. The molecule has 4 rings (SSSR count). The van der Waals surface area contributed by atoms with Crippen LogP contribution in [0.15, 0.2) is 54.7 Å². The molecular weight excluding hydrogens is 368 g/mol. The van der Waals surface area contributed by atoms with Gasteiger partial charge in [-0.1, -0.05) is 24.3 Å². The number of pyridine rings is 2. The Morgan fingerprint density at radius 2 is 2.03 bits per heavy atom. The first-order valence-electron chi connectivity index (χ1n) is 9.34. The summed E-state index contributed by atoms with van der Waals surface area (Å²) >= 11 is 0. The van der Waals surface area contributed by atoms with Gasteiger partial charge in [0.1, 0.15) is 17.3 Å². The summed E-state index contributed by atoms with van der Waals surface area (Å²) in [6.45, 7) is 2.97. The number of methoxy groups -OCH3 is 1. The van der Waals surface area contributed by atoms with Crippen molar-refractivity contribution >= 4 is 17.4 Å². The molecule has 1 amide bonds. The summed E-state index contributed by atoms with van der Waals surface area (Å²) < 4.78 is 10.8. The Morgan fingerprint density at radius 1 is 1.17 bits per heavy atom. The van der Waals surface area contributed by atoms with Gasteiger partial charge < -0.3 is 19.7 Å². The Labute approximate surface area is 169 Å². The number of benzene rings is 1. The molecule has 0 unspecified atom stereocenters. The van der Waals surface area contributed by atoms with Crippen LogP contribution >= 0.6 is 0 Å². The third-order valence-electron chi connectivity index (χ3n) is 4.82. The molecular formula is C22H22N4O3. The number of carbonyl (C=O) groups is 1. The second kappa shape index (κ2) is 8.18. The Balaban J connectivity index is 1.55. The van der Waals surface area contributed by atoms with Crippen molar-refractivity contribution in [2.24, 2.45) is 0 Å². The van der Waals surface area contributed by atoms with Gasteiger partial charge in [-0.05, 0) is 36.2 Å². The van der Waals surface area contributed by atoms with Gasteiger partial charge in [-0.15, -0.1) is 0 Å². The molecule has 0 spiro atoms. The molecule has 1 aromatic carbocycles. The smallest absolute Gasteiger partial charge is 0.261 e. The zero-order valence-electron chi connectivity index (χ0n) is 16.4. The van der Waals surface area contributed by atoms with E-state index in [1.165, 1.54) is 0 Å². The Kier molecular flexibility index (Phi) is 5.29. The van der Waals surface area contributed by atoms with Crippen LogP contribution in [-0.2, 0) is 17.9 Å². The highest BCUT2D eigenvalue weighted by Crippen LogP contribution is 2.26. The number of aromatic nitrogens is 2. The van der Waals surface area contributed by atoms with E-state index in [1.807, 2.05) is 49.4 Å². The molecule has 7 heteroatoms. The maximum atomic E-state index is 12.6. The largest absolute Gasteiger partial charge is 0.482 e. The van der Waals surface area contributed by atoms with Gasteiger partial charge in [0.05, 0.1) is 25.5 Å². The van der Waals surface area contributed by atoms with Crippen molar-refractivity contribution in [1.29, 1.82) is 0 Å². The number of carbonyl (C=O) groups excluding carboxylic acids is 1. The monoisotopic (exact) mass is 390 g/mol. The number of fused-ring (bicyclic) bond motifs is 1. The van der Waals surface area contributed by atoms with Gasteiger partial charge >= 0.3 is 0 Å². The fourth-order valence-electron chi connectivity index (χ4n) is 3.16. The van der Waals surface area contributed by atoms with Crippen LogP contribution in [0.25, 0.3) is 0 Å². The van der Waals surface area contributed by atoms with E-state index in [2.05, 4.69) is 15.3 Å². The summed E-state index contributed by atoms with van der Waals surface area (Å²) in [6, 6.07) is 15.4. The van der Waals surface area contributed by atoms with Gasteiger partial charge in [0, 0.05) is 12.6 Å². The third-order valence-corrected chi connectivity index (χ3v) is 4.82. The summed E-state index contributed by atoms with van der Waals surface area (Å²) in [5.74, 6) is 1.78. The van der Waals surface area contributed by atoms with E-state index < -0.39 is 0 Å². The van der Waals surface area contributed by atoms with E-state index in [9.17, 15) is 4.79 Å². The van der Waals surface area contributed by atoms with E-state index in [0.717, 1.165) is 22.5 Å². The number of nitrogens with zero attached hydrogens (tertiary/aromatic N) is 3. The van der Waals surface area contributed by atoms with Gasteiger partial charge in [0.2, 0.25) is 5.88 Å². The number of anilines is 2. The van der Waals surface area contributed by atoms with Crippen LogP contribution in [0.3, 0.4) is 0 Å². The van der Waals surface area contributed by atoms with Crippen molar-refractivity contribution in [3.8, 4) is 11.6 Å². The first-order chi connectivity index (χ1) is 14.1. The van der Waals surface area contributed by atoms with E-state index >= 15 is 0 Å². The molecule has 1 aliphatic rings. The van der Waals surface area contributed by atoms with Crippen molar-refractivity contribution < 1.29 is 14.3 Å². The van der Waals surface area contributed by atoms with Crippen LogP contribution in [0.2, 0.25) is 0 Å². The van der Waals surface area contributed by atoms with Crippen LogP contribution in [0.5, 0.6) is 11.6 Å². The van der Waals surface area contributed by atoms with Gasteiger partial charge in [0.15, 0.2) is 6.61 Å². The molecule has 0 radical (unpaired) electrons. The highest BCUT2D eigenvalue weighted by molar-refractivity contribution is 5.78. The molecule has 3 heterocycles. The van der Waals surface area contributed by atoms with Gasteiger partial charge in [-0.25, -0.2) is 9.97 Å². The molecule has 0 saturated carbocycles. The maximum absolute atomic E-state index is 12.6. The van der Waals surface area contributed by atoms with E-state index in [1.54, 1.807) is 24.3 Å². The van der Waals surface area contributed by atoms with Crippen molar-refractivity contribution in [3.63, 3.8) is 0 Å². The quantitative estimate of drug-likeness (QED) is 0.719. The highest BCUT2D eigenvalue weighted by Gasteiger charge is 2.23. The van der Waals surface area contributed by atoms with E-state index in [0.29, 0.717) is 30.5 Å². The topological polar surface area (TPSA) is 76.6 Å². The molecule has 0 aliphatic carbocycles. The summed E-state index contributed by atoms with van der Waals surface area (Å²) in [6.07, 6.45) is 1.68. The predicted octanol–water partition coefficient (Wildman–Crippen LogP) is 3.46. The molecule has 0 atom stereocenters. The van der Waals surface area contributed by atoms with Crippen LogP contribution in [0.4, 0.5) is 11.5 Å². The Hall–Kier alpha value is -3.61. The van der Waals surface area contributed by atoms with Gasteiger partial charge in [-0.3, -0.25) is 4.79 Å². The summed E-state index contributed by atoms with van der Waals surface area (Å²) in [4.78, 5) is 23.2. The van der Waals surface area contributed by atoms with Crippen molar-refractivity contribution in [2.45, 2.75) is 20.0 Å². The lowest BCUT2D eigenvalue weighted by atomic mass is 10.1. The number of hydrogen-bond donors (Lipinski definition) is 1. The molecule has 1 aliphatic heterocycles. The Bertz CT molecular complexity index is 1020. The highest BCUT2D eigenvalue weighted by atomic mass is 16.5. The SMILES string of the molecule is COc1ccc(Nc2ccc3c(n2)CN(Cc2ccccc2C)C(=O)CO3)cn1. The minimum absolute atomic E-state index is 0.00966. The number of hydrogen-bond acceptors (Lipinski definition) is 6. The lowest BCUT2D eigenvalue weighted by Crippen LogP contribution is -2.32. The molecule has 0 fully saturated rings. The van der Waals surface area contributed by atoms with Gasteiger partial charge in [-0.2, -0.15) is 0 Å². The van der Waals surface area contributed by atoms with Crippen LogP contribution in [-0.4, -0.2) is 34.5 Å². The Morgan fingerprint density at radius 3 is 2.79 bits per heavy atom. The molecule has 148 valence electrons. The molecule has 3 aromatic rings. The van der Waals surface area contributed by atoms with Gasteiger partial charge in [0.25, 0.3) is 5.91 Å². The number of ether oxygens (including phenoxy) is 2. The van der Waals surface area contributed by atoms with E-state index in [4.69, 9.17) is 9.47 Å². The lowest BCUT2D eigenvalue weighted by Gasteiger charge is -2.21. The minimum atomic E-state index is -0.0554. The van der Waals surface area contributed by atoms with Crippen molar-refractivity contribution in [2.75, 3.05) is 19.0 Å². The number of aryl methyl sites for hydroxylation is 1. The van der Waals surface area contributed by atoms with Crippen LogP contribution in [0, 0.1) is 6.92 Å². The number of nitrogens with one attached hydrogen (secondary N) is 1. The summed E-state index contributed by atoms with van der Waals surface area (Å²) in [5, 5.41) is 3.22. The first kappa shape index (κ1) is 18.7. The summed E-state index contributed by atoms with van der Waals surface area (Å²) in [5.41, 5.74) is 3.78. The van der Waals surface area contributed by atoms with Crippen LogP contribution < -0.4 is 14.8 Å². The standard InChI is InChI=1S/C22H22N4O3/c1-15-5-3-4-6-16(15)12-26-13-18-19(29-14-22(26)27)8-9-20(25-18)24-17-7-10-21(28-2)23-11-17/h3-11H,12-14H2,1-2H3,(H,24,25). The molecule has 29 heavy (non-hydrogen) atoms. The predicted molar refractivity (Wildman–Crippen MR) is 109 cm³/mol. The average molecular weight is 390 g/mol. The first-order valence-corrected chi connectivity index (χ1v) is 9.34.